The molecule has 7 nitrogen and oxygen atoms in total. The third kappa shape index (κ3) is 5.03. The monoisotopic (exact) mass is 546 g/mol. The normalized spacial score (nSPS) is 14.6. The number of rotatable bonds is 7. The van der Waals surface area contributed by atoms with Crippen molar-refractivity contribution in [2.45, 2.75) is 6.54 Å². The van der Waals surface area contributed by atoms with Crippen LogP contribution in [0.3, 0.4) is 0 Å². The topological polar surface area (TPSA) is 67.8 Å². The highest BCUT2D eigenvalue weighted by atomic mass is 35.5. The molecule has 2 aliphatic rings. The number of carbonyl (C=O) groups is 1. The van der Waals surface area contributed by atoms with Crippen LogP contribution in [0.4, 0.5) is 5.69 Å². The van der Waals surface area contributed by atoms with Crippen molar-refractivity contribution in [2.24, 2.45) is 0 Å². The maximum atomic E-state index is 13.4. The molecule has 9 heteroatoms. The van der Waals surface area contributed by atoms with Gasteiger partial charge < -0.3 is 24.7 Å². The molecule has 4 aromatic rings. The van der Waals surface area contributed by atoms with Crippen LogP contribution in [0.2, 0.25) is 5.02 Å². The van der Waals surface area contributed by atoms with Gasteiger partial charge in [-0.3, -0.25) is 9.69 Å². The van der Waals surface area contributed by atoms with E-state index in [4.69, 9.17) is 21.1 Å². The summed E-state index contributed by atoms with van der Waals surface area (Å²) in [7, 11) is 3.81. The van der Waals surface area contributed by atoms with Crippen LogP contribution in [-0.4, -0.2) is 54.8 Å². The average Bonchev–Trinajstić information content (AvgIpc) is 2.94. The van der Waals surface area contributed by atoms with Crippen molar-refractivity contribution in [2.75, 3.05) is 44.7 Å². The van der Waals surface area contributed by atoms with Crippen molar-refractivity contribution in [1.82, 2.24) is 14.8 Å². The number of hydrogen-bond donors (Lipinski definition) is 2. The fraction of sp³-hybridized carbons (Fsp3) is 0.241. The first kappa shape index (κ1) is 25.0. The van der Waals surface area contributed by atoms with E-state index in [1.807, 2.05) is 53.2 Å². The predicted molar refractivity (Wildman–Crippen MR) is 153 cm³/mol. The van der Waals surface area contributed by atoms with Crippen LogP contribution in [0.25, 0.3) is 16.6 Å². The lowest BCUT2D eigenvalue weighted by Crippen LogP contribution is -2.41. The summed E-state index contributed by atoms with van der Waals surface area (Å²) in [6.07, 6.45) is 1.85. The van der Waals surface area contributed by atoms with Crippen molar-refractivity contribution in [3.8, 4) is 17.2 Å². The van der Waals surface area contributed by atoms with E-state index in [-0.39, 0.29) is 5.91 Å². The fourth-order valence-electron chi connectivity index (χ4n) is 4.92. The molecule has 0 spiro atoms. The molecule has 38 heavy (non-hydrogen) atoms. The first-order chi connectivity index (χ1) is 18.6. The number of carbonyl (C=O) groups excluding carboxylic acids is 1. The molecule has 1 aromatic heterocycles. The summed E-state index contributed by atoms with van der Waals surface area (Å²) in [4.78, 5) is 16.4. The maximum Gasteiger partial charge on any atom is 0.253 e. The highest BCUT2D eigenvalue weighted by Gasteiger charge is 2.24. The molecule has 1 amide bonds. The summed E-state index contributed by atoms with van der Waals surface area (Å²) in [6.45, 7) is 5.23. The van der Waals surface area contributed by atoms with E-state index in [2.05, 4.69) is 36.5 Å². The number of nitrogens with one attached hydrogen (secondary N) is 2. The van der Waals surface area contributed by atoms with Gasteiger partial charge in [0.1, 0.15) is 0 Å². The summed E-state index contributed by atoms with van der Waals surface area (Å²) in [5.74, 6) is 1.23. The SMILES string of the molecule is O=C(NCCN1CCOCC1)c1cn2c3c(cc(NCc4ccccc4)cc3c1=P)Oc1ccc(Cl)cc1-2. The zero-order chi connectivity index (χ0) is 26.1. The van der Waals surface area contributed by atoms with E-state index in [9.17, 15) is 4.79 Å². The predicted octanol–water partition coefficient (Wildman–Crippen LogP) is 5.74. The fourth-order valence-corrected chi connectivity index (χ4v) is 5.46. The van der Waals surface area contributed by atoms with Crippen molar-refractivity contribution >= 4 is 43.0 Å². The van der Waals surface area contributed by atoms with E-state index in [0.717, 1.165) is 55.1 Å². The molecular weight excluding hydrogens is 519 g/mol. The van der Waals surface area contributed by atoms with Crippen LogP contribution in [-0.2, 0) is 11.3 Å². The van der Waals surface area contributed by atoms with Crippen LogP contribution in [0.5, 0.6) is 11.5 Å². The van der Waals surface area contributed by atoms with Gasteiger partial charge in [-0.05, 0) is 29.8 Å². The Morgan fingerprint density at radius 2 is 1.84 bits per heavy atom. The van der Waals surface area contributed by atoms with Crippen LogP contribution in [0.1, 0.15) is 15.9 Å². The largest absolute Gasteiger partial charge is 0.453 e. The Hall–Kier alpha value is -3.35. The number of halogens is 1. The van der Waals surface area contributed by atoms with Gasteiger partial charge in [0.25, 0.3) is 5.91 Å². The molecule has 0 bridgehead atoms. The van der Waals surface area contributed by atoms with Gasteiger partial charge in [0, 0.05) is 66.0 Å². The standard InChI is InChI=1S/C29H28ClN4O3P/c30-20-6-7-25-24(14-20)34-18-23(29(35)31-8-9-33-10-12-36-13-11-33)28(38)22-15-21(16-26(37-25)27(22)34)32-17-19-4-2-1-3-5-19/h1-7,14-16,18,32,38H,8-13,17H2,(H,31,35). The molecule has 0 saturated carbocycles. The van der Waals surface area contributed by atoms with E-state index in [0.29, 0.717) is 40.1 Å². The maximum absolute atomic E-state index is 13.4. The lowest BCUT2D eigenvalue weighted by Gasteiger charge is -2.27. The molecule has 194 valence electrons. The highest BCUT2D eigenvalue weighted by molar-refractivity contribution is 7.07. The van der Waals surface area contributed by atoms with Gasteiger partial charge in [0.15, 0.2) is 11.5 Å². The van der Waals surface area contributed by atoms with Gasteiger partial charge in [-0.2, -0.15) is 0 Å². The first-order valence-electron chi connectivity index (χ1n) is 12.7. The zero-order valence-corrected chi connectivity index (χ0v) is 22.6. The molecule has 2 N–H and O–H groups in total. The average molecular weight is 547 g/mol. The van der Waals surface area contributed by atoms with E-state index < -0.39 is 0 Å². The quantitative estimate of drug-likeness (QED) is 0.255. The number of aromatic nitrogens is 1. The van der Waals surface area contributed by atoms with Crippen LogP contribution < -0.4 is 15.4 Å². The second kappa shape index (κ2) is 10.8. The van der Waals surface area contributed by atoms with Gasteiger partial charge in [-0.1, -0.05) is 41.9 Å². The molecular formula is C29H28ClN4O3P. The smallest absolute Gasteiger partial charge is 0.253 e. The van der Waals surface area contributed by atoms with Crippen LogP contribution in [0, 0.1) is 4.94 Å². The Balaban J connectivity index is 1.37. The third-order valence-electron chi connectivity index (χ3n) is 6.91. The number of pyridine rings is 1. The number of amides is 1. The Labute approximate surface area is 228 Å². The first-order valence-corrected chi connectivity index (χ1v) is 13.6. The van der Waals surface area contributed by atoms with Crippen molar-refractivity contribution < 1.29 is 14.3 Å². The van der Waals surface area contributed by atoms with E-state index in [1.54, 1.807) is 6.07 Å². The van der Waals surface area contributed by atoms with E-state index in [1.165, 1.54) is 5.56 Å². The second-order valence-corrected chi connectivity index (χ2v) is 10.4. The molecule has 3 aromatic carbocycles. The molecule has 1 fully saturated rings. The van der Waals surface area contributed by atoms with Gasteiger partial charge in [-0.25, -0.2) is 0 Å². The number of ether oxygens (including phenoxy) is 2. The molecule has 0 aliphatic carbocycles. The number of anilines is 1. The summed E-state index contributed by atoms with van der Waals surface area (Å²) in [5, 5.41) is 8.05. The summed E-state index contributed by atoms with van der Waals surface area (Å²) in [6, 6.07) is 19.8. The van der Waals surface area contributed by atoms with Gasteiger partial charge in [0.05, 0.1) is 30.0 Å². The molecule has 0 unspecified atom stereocenters. The van der Waals surface area contributed by atoms with Crippen molar-refractivity contribution in [1.29, 1.82) is 0 Å². The van der Waals surface area contributed by atoms with E-state index >= 15 is 0 Å². The Morgan fingerprint density at radius 3 is 2.66 bits per heavy atom. The number of hydrogen-bond acceptors (Lipinski definition) is 5. The van der Waals surface area contributed by atoms with Crippen molar-refractivity contribution in [3.05, 3.63) is 87.9 Å². The lowest BCUT2D eigenvalue weighted by atomic mass is 10.1. The summed E-state index contributed by atoms with van der Waals surface area (Å²) >= 11 is 6.36. The molecule has 2 aliphatic heterocycles. The minimum atomic E-state index is -0.145. The van der Waals surface area contributed by atoms with Crippen LogP contribution in [0.15, 0.2) is 66.9 Å². The van der Waals surface area contributed by atoms with Gasteiger partial charge in [0.2, 0.25) is 0 Å². The van der Waals surface area contributed by atoms with Gasteiger partial charge in [-0.15, -0.1) is 8.86 Å². The Bertz CT molecular complexity index is 1570. The molecule has 1 saturated heterocycles. The minimum Gasteiger partial charge on any atom is -0.453 e. The number of benzene rings is 3. The lowest BCUT2D eigenvalue weighted by molar-refractivity contribution is 0.0383. The number of fused-ring (bicyclic) bond motifs is 2. The summed E-state index contributed by atoms with van der Waals surface area (Å²) in [5.41, 5.74) is 4.25. The zero-order valence-electron chi connectivity index (χ0n) is 20.8. The highest BCUT2D eigenvalue weighted by Crippen LogP contribution is 2.43. The molecule has 3 heterocycles. The molecule has 0 radical (unpaired) electrons. The molecule has 0 atom stereocenters. The Kier molecular flexibility index (Phi) is 7.09. The minimum absolute atomic E-state index is 0.145. The summed E-state index contributed by atoms with van der Waals surface area (Å²) < 4.78 is 13.7. The van der Waals surface area contributed by atoms with Crippen molar-refractivity contribution in [3.63, 3.8) is 0 Å². The third-order valence-corrected chi connectivity index (χ3v) is 7.69. The van der Waals surface area contributed by atoms with Crippen LogP contribution >= 0.6 is 20.5 Å². The molecule has 6 rings (SSSR count). The number of morpholine rings is 1. The second-order valence-electron chi connectivity index (χ2n) is 9.42. The number of nitrogens with zero attached hydrogens (tertiary/aromatic N) is 2. The Morgan fingerprint density at radius 1 is 1.03 bits per heavy atom. The van der Waals surface area contributed by atoms with Gasteiger partial charge >= 0.3 is 0 Å².